The van der Waals surface area contributed by atoms with Crippen LogP contribution in [0.25, 0.3) is 0 Å². The van der Waals surface area contributed by atoms with Gasteiger partial charge in [0.1, 0.15) is 5.75 Å². The second kappa shape index (κ2) is 6.54. The molecule has 25 heavy (non-hydrogen) atoms. The fourth-order valence-electron chi connectivity index (χ4n) is 3.58. The van der Waals surface area contributed by atoms with Gasteiger partial charge in [-0.3, -0.25) is 0 Å². The number of benzene rings is 1. The highest BCUT2D eigenvalue weighted by atomic mass is 32.2. The summed E-state index contributed by atoms with van der Waals surface area (Å²) in [6, 6.07) is 6.60. The lowest BCUT2D eigenvalue weighted by atomic mass is 9.86. The van der Waals surface area contributed by atoms with Crippen LogP contribution in [0.1, 0.15) is 25.7 Å². The van der Waals surface area contributed by atoms with Crippen LogP contribution in [0.3, 0.4) is 0 Å². The molecular formula is C18H25NO5S. The first-order valence-corrected chi connectivity index (χ1v) is 10.3. The standard InChI is InChI=1S/C18H25NO5S/c1-22-15-3-2-4-17(9-15)25(20,21)19-12-18(13-19)10-16(7-8-24-18)23-11-14-5-6-14/h2-4,9,14,16H,5-8,10-13H2,1H3. The molecule has 7 heteroatoms. The number of methoxy groups -OCH3 is 1. The summed E-state index contributed by atoms with van der Waals surface area (Å²) in [7, 11) is -1.98. The predicted molar refractivity (Wildman–Crippen MR) is 92.1 cm³/mol. The quantitative estimate of drug-likeness (QED) is 0.770. The molecule has 2 heterocycles. The first kappa shape index (κ1) is 17.3. The van der Waals surface area contributed by atoms with E-state index in [1.807, 2.05) is 0 Å². The second-order valence-corrected chi connectivity index (χ2v) is 9.31. The van der Waals surface area contributed by atoms with Crippen LogP contribution in [0.15, 0.2) is 29.2 Å². The zero-order valence-electron chi connectivity index (χ0n) is 14.5. The molecule has 2 aliphatic heterocycles. The van der Waals surface area contributed by atoms with E-state index < -0.39 is 10.0 Å². The largest absolute Gasteiger partial charge is 0.497 e. The van der Waals surface area contributed by atoms with E-state index in [-0.39, 0.29) is 16.6 Å². The van der Waals surface area contributed by atoms with E-state index in [0.29, 0.717) is 25.4 Å². The van der Waals surface area contributed by atoms with Crippen molar-refractivity contribution >= 4 is 10.0 Å². The molecule has 1 aromatic carbocycles. The van der Waals surface area contributed by atoms with Crippen LogP contribution >= 0.6 is 0 Å². The Hall–Kier alpha value is -1.15. The Morgan fingerprint density at radius 3 is 2.80 bits per heavy atom. The second-order valence-electron chi connectivity index (χ2n) is 7.38. The molecule has 2 saturated heterocycles. The molecular weight excluding hydrogens is 342 g/mol. The van der Waals surface area contributed by atoms with Gasteiger partial charge < -0.3 is 14.2 Å². The van der Waals surface area contributed by atoms with Crippen LogP contribution in [0.5, 0.6) is 5.75 Å². The summed E-state index contributed by atoms with van der Waals surface area (Å²) in [6.45, 7) is 2.28. The molecule has 1 atom stereocenters. The van der Waals surface area contributed by atoms with E-state index >= 15 is 0 Å². The van der Waals surface area contributed by atoms with E-state index in [2.05, 4.69) is 0 Å². The Balaban J connectivity index is 1.39. The normalized spacial score (nSPS) is 26.4. The minimum absolute atomic E-state index is 0.191. The summed E-state index contributed by atoms with van der Waals surface area (Å²) in [5.41, 5.74) is -0.377. The highest BCUT2D eigenvalue weighted by Crippen LogP contribution is 2.39. The highest BCUT2D eigenvalue weighted by molar-refractivity contribution is 7.89. The van der Waals surface area contributed by atoms with Crippen molar-refractivity contribution in [3.05, 3.63) is 24.3 Å². The SMILES string of the molecule is COc1cccc(S(=O)(=O)N2CC3(CC(OCC4CC4)CCO3)C2)c1. The van der Waals surface area contributed by atoms with E-state index in [1.165, 1.54) is 24.3 Å². The smallest absolute Gasteiger partial charge is 0.243 e. The highest BCUT2D eigenvalue weighted by Gasteiger charge is 2.52. The monoisotopic (exact) mass is 367 g/mol. The Bertz CT molecular complexity index is 725. The van der Waals surface area contributed by atoms with Gasteiger partial charge in [-0.15, -0.1) is 0 Å². The van der Waals surface area contributed by atoms with Crippen molar-refractivity contribution in [3.63, 3.8) is 0 Å². The molecule has 0 bridgehead atoms. The number of ether oxygens (including phenoxy) is 3. The van der Waals surface area contributed by atoms with Gasteiger partial charge in [-0.05, 0) is 37.3 Å². The van der Waals surface area contributed by atoms with Crippen molar-refractivity contribution in [2.75, 3.05) is 33.4 Å². The van der Waals surface area contributed by atoms with Crippen LogP contribution < -0.4 is 4.74 Å². The van der Waals surface area contributed by atoms with Gasteiger partial charge >= 0.3 is 0 Å². The van der Waals surface area contributed by atoms with Crippen molar-refractivity contribution < 1.29 is 22.6 Å². The molecule has 1 unspecified atom stereocenters. The minimum Gasteiger partial charge on any atom is -0.497 e. The maximum Gasteiger partial charge on any atom is 0.243 e. The average Bonchev–Trinajstić information content (AvgIpc) is 3.42. The van der Waals surface area contributed by atoms with Gasteiger partial charge in [-0.2, -0.15) is 4.31 Å². The minimum atomic E-state index is -3.51. The molecule has 0 aromatic heterocycles. The predicted octanol–water partition coefficient (Wildman–Crippen LogP) is 2.04. The van der Waals surface area contributed by atoms with Crippen LogP contribution in [0.2, 0.25) is 0 Å². The molecule has 6 nitrogen and oxygen atoms in total. The molecule has 0 radical (unpaired) electrons. The first-order chi connectivity index (χ1) is 12.0. The molecule has 138 valence electrons. The molecule has 1 aliphatic carbocycles. The van der Waals surface area contributed by atoms with E-state index in [4.69, 9.17) is 14.2 Å². The molecule has 1 aromatic rings. The lowest BCUT2D eigenvalue weighted by molar-refractivity contribution is -0.179. The van der Waals surface area contributed by atoms with Crippen LogP contribution in [-0.4, -0.2) is 57.8 Å². The zero-order chi connectivity index (χ0) is 17.5. The van der Waals surface area contributed by atoms with E-state index in [9.17, 15) is 8.42 Å². The fourth-order valence-corrected chi connectivity index (χ4v) is 5.20. The van der Waals surface area contributed by atoms with E-state index in [1.54, 1.807) is 24.3 Å². The van der Waals surface area contributed by atoms with Gasteiger partial charge in [-0.25, -0.2) is 8.42 Å². The summed E-state index contributed by atoms with van der Waals surface area (Å²) in [5, 5.41) is 0. The van der Waals surface area contributed by atoms with Crippen molar-refractivity contribution in [1.82, 2.24) is 4.31 Å². The van der Waals surface area contributed by atoms with Crippen molar-refractivity contribution in [1.29, 1.82) is 0 Å². The van der Waals surface area contributed by atoms with Gasteiger partial charge in [0, 0.05) is 38.8 Å². The van der Waals surface area contributed by atoms with Crippen LogP contribution in [0, 0.1) is 5.92 Å². The Labute approximate surface area is 149 Å². The molecule has 4 rings (SSSR count). The van der Waals surface area contributed by atoms with Crippen molar-refractivity contribution in [2.45, 2.75) is 42.3 Å². The van der Waals surface area contributed by atoms with E-state index in [0.717, 1.165) is 25.4 Å². The van der Waals surface area contributed by atoms with Gasteiger partial charge in [-0.1, -0.05) is 6.07 Å². The molecule has 3 aliphatic rings. The summed E-state index contributed by atoms with van der Waals surface area (Å²) in [6.07, 6.45) is 4.43. The average molecular weight is 367 g/mol. The molecule has 1 spiro atoms. The third kappa shape index (κ3) is 3.56. The first-order valence-electron chi connectivity index (χ1n) is 8.91. The van der Waals surface area contributed by atoms with Gasteiger partial charge in [0.2, 0.25) is 10.0 Å². The summed E-state index contributed by atoms with van der Waals surface area (Å²) in [5.74, 6) is 1.28. The van der Waals surface area contributed by atoms with Crippen LogP contribution in [-0.2, 0) is 19.5 Å². The van der Waals surface area contributed by atoms with Crippen LogP contribution in [0.4, 0.5) is 0 Å². The lowest BCUT2D eigenvalue weighted by Gasteiger charge is -2.52. The van der Waals surface area contributed by atoms with Crippen molar-refractivity contribution in [3.8, 4) is 5.75 Å². The Morgan fingerprint density at radius 1 is 1.28 bits per heavy atom. The summed E-state index contributed by atoms with van der Waals surface area (Å²) >= 11 is 0. The van der Waals surface area contributed by atoms with Crippen molar-refractivity contribution in [2.24, 2.45) is 5.92 Å². The summed E-state index contributed by atoms with van der Waals surface area (Å²) in [4.78, 5) is 0.263. The van der Waals surface area contributed by atoms with Gasteiger partial charge in [0.25, 0.3) is 0 Å². The molecule has 0 N–H and O–H groups in total. The fraction of sp³-hybridized carbons (Fsp3) is 0.667. The number of nitrogens with zero attached hydrogens (tertiary/aromatic N) is 1. The third-order valence-corrected chi connectivity index (χ3v) is 7.11. The maximum atomic E-state index is 12.8. The lowest BCUT2D eigenvalue weighted by Crippen LogP contribution is -2.67. The topological polar surface area (TPSA) is 65.1 Å². The van der Waals surface area contributed by atoms with Gasteiger partial charge in [0.15, 0.2) is 0 Å². The zero-order valence-corrected chi connectivity index (χ0v) is 15.3. The Morgan fingerprint density at radius 2 is 2.08 bits per heavy atom. The number of rotatable bonds is 6. The Kier molecular flexibility index (Phi) is 4.52. The maximum absolute atomic E-state index is 12.8. The van der Waals surface area contributed by atoms with Gasteiger partial charge in [0.05, 0.1) is 23.7 Å². The molecule has 1 saturated carbocycles. The number of sulfonamides is 1. The third-order valence-electron chi connectivity index (χ3n) is 5.32. The molecule has 3 fully saturated rings. The number of hydrogen-bond acceptors (Lipinski definition) is 5. The molecule has 0 amide bonds. The number of hydrogen-bond donors (Lipinski definition) is 0. The summed E-state index contributed by atoms with van der Waals surface area (Å²) < 4.78 is 44.2.